The average molecular weight is 370 g/mol. The number of likely N-dealkylation sites (N-methyl/N-ethyl adjacent to an activating group) is 1. The van der Waals surface area contributed by atoms with Crippen LogP contribution in [-0.4, -0.2) is 65.7 Å². The van der Waals surface area contributed by atoms with Crippen molar-refractivity contribution in [3.05, 3.63) is 41.2 Å². The number of rotatable bonds is 8. The summed E-state index contributed by atoms with van der Waals surface area (Å²) in [5, 5.41) is 7.33. The van der Waals surface area contributed by atoms with Crippen molar-refractivity contribution < 1.29 is 9.53 Å². The quantitative estimate of drug-likeness (QED) is 0.776. The summed E-state index contributed by atoms with van der Waals surface area (Å²) in [4.78, 5) is 17.3. The first-order valence-corrected chi connectivity index (χ1v) is 9.79. The molecule has 0 aliphatic carbocycles. The van der Waals surface area contributed by atoms with Crippen LogP contribution < -0.4 is 0 Å². The van der Waals surface area contributed by atoms with Crippen LogP contribution in [0.3, 0.4) is 0 Å². The summed E-state index contributed by atoms with van der Waals surface area (Å²) < 4.78 is 5.23. The predicted molar refractivity (Wildman–Crippen MR) is 107 cm³/mol. The zero-order valence-corrected chi connectivity index (χ0v) is 16.6. The van der Waals surface area contributed by atoms with Crippen LogP contribution in [0.15, 0.2) is 24.3 Å². The zero-order chi connectivity index (χ0) is 19.2. The molecule has 0 bridgehead atoms. The van der Waals surface area contributed by atoms with E-state index in [1.807, 2.05) is 43.0 Å². The van der Waals surface area contributed by atoms with Gasteiger partial charge in [-0.3, -0.25) is 9.89 Å². The Hall–Kier alpha value is -2.18. The number of likely N-dealkylation sites (tertiary alicyclic amines) is 1. The maximum absolute atomic E-state index is 12.9. The fraction of sp³-hybridized carbons (Fsp3) is 0.524. The van der Waals surface area contributed by atoms with Crippen LogP contribution in [0.5, 0.6) is 0 Å². The number of benzene rings is 1. The fourth-order valence-corrected chi connectivity index (χ4v) is 3.74. The standard InChI is InChI=1S/C21H30N4O2/c1-4-25(14-13-24-11-5-6-12-24)21(26)18-9-7-17(8-10-18)20-16(2)22-23-19(20)15-27-3/h7-10H,4-6,11-15H2,1-3H3,(H,22,23). The summed E-state index contributed by atoms with van der Waals surface area (Å²) in [7, 11) is 1.66. The van der Waals surface area contributed by atoms with E-state index in [4.69, 9.17) is 4.74 Å². The molecule has 1 saturated heterocycles. The molecule has 1 aliphatic rings. The highest BCUT2D eigenvalue weighted by Gasteiger charge is 2.18. The SMILES string of the molecule is CCN(CCN1CCCC1)C(=O)c1ccc(-c2c(COC)n[nH]c2C)cc1. The van der Waals surface area contributed by atoms with Crippen LogP contribution in [0.1, 0.15) is 41.5 Å². The van der Waals surface area contributed by atoms with Crippen molar-refractivity contribution >= 4 is 5.91 Å². The molecule has 1 aromatic carbocycles. The van der Waals surface area contributed by atoms with Crippen molar-refractivity contribution in [3.63, 3.8) is 0 Å². The molecule has 0 radical (unpaired) electrons. The number of H-pyrrole nitrogens is 1. The Kier molecular flexibility index (Phi) is 6.63. The minimum Gasteiger partial charge on any atom is -0.378 e. The summed E-state index contributed by atoms with van der Waals surface area (Å²) >= 11 is 0. The van der Waals surface area contributed by atoms with Gasteiger partial charge < -0.3 is 14.5 Å². The van der Waals surface area contributed by atoms with Gasteiger partial charge in [-0.05, 0) is 57.5 Å². The van der Waals surface area contributed by atoms with Crippen LogP contribution in [0.2, 0.25) is 0 Å². The summed E-state index contributed by atoms with van der Waals surface area (Å²) in [6, 6.07) is 7.83. The third-order valence-electron chi connectivity index (χ3n) is 5.28. The lowest BCUT2D eigenvalue weighted by atomic mass is 10.0. The molecular weight excluding hydrogens is 340 g/mol. The number of nitrogens with one attached hydrogen (secondary N) is 1. The molecule has 0 spiro atoms. The van der Waals surface area contributed by atoms with Gasteiger partial charge in [0.2, 0.25) is 0 Å². The third kappa shape index (κ3) is 4.57. The van der Waals surface area contributed by atoms with Crippen molar-refractivity contribution in [2.75, 3.05) is 39.8 Å². The average Bonchev–Trinajstić information content (AvgIpc) is 3.32. The van der Waals surface area contributed by atoms with Gasteiger partial charge in [-0.15, -0.1) is 0 Å². The molecular formula is C21H30N4O2. The Bertz CT molecular complexity index is 748. The minimum atomic E-state index is 0.101. The molecule has 146 valence electrons. The highest BCUT2D eigenvalue weighted by Crippen LogP contribution is 2.26. The van der Waals surface area contributed by atoms with Crippen molar-refractivity contribution in [1.82, 2.24) is 20.0 Å². The van der Waals surface area contributed by atoms with E-state index in [0.717, 1.165) is 60.8 Å². The largest absolute Gasteiger partial charge is 0.378 e. The van der Waals surface area contributed by atoms with Gasteiger partial charge in [0.15, 0.2) is 0 Å². The predicted octanol–water partition coefficient (Wildman–Crippen LogP) is 3.09. The molecule has 27 heavy (non-hydrogen) atoms. The number of aromatic amines is 1. The number of aromatic nitrogens is 2. The lowest BCUT2D eigenvalue weighted by molar-refractivity contribution is 0.0749. The van der Waals surface area contributed by atoms with Crippen molar-refractivity contribution in [2.45, 2.75) is 33.3 Å². The minimum absolute atomic E-state index is 0.101. The maximum Gasteiger partial charge on any atom is 0.253 e. The van der Waals surface area contributed by atoms with Crippen LogP contribution in [-0.2, 0) is 11.3 Å². The maximum atomic E-state index is 12.9. The Morgan fingerprint density at radius 3 is 2.59 bits per heavy atom. The van der Waals surface area contributed by atoms with Gasteiger partial charge in [0.1, 0.15) is 0 Å². The summed E-state index contributed by atoms with van der Waals surface area (Å²) in [6.45, 7) is 9.30. The highest BCUT2D eigenvalue weighted by atomic mass is 16.5. The van der Waals surface area contributed by atoms with E-state index in [1.54, 1.807) is 7.11 Å². The first kappa shape index (κ1) is 19.6. The summed E-state index contributed by atoms with van der Waals surface area (Å²) in [6.07, 6.45) is 2.56. The van der Waals surface area contributed by atoms with Gasteiger partial charge in [0.25, 0.3) is 5.91 Å². The molecule has 0 unspecified atom stereocenters. The third-order valence-corrected chi connectivity index (χ3v) is 5.28. The van der Waals surface area contributed by atoms with E-state index in [0.29, 0.717) is 6.61 Å². The van der Waals surface area contributed by atoms with Gasteiger partial charge in [0, 0.05) is 43.6 Å². The Morgan fingerprint density at radius 1 is 1.26 bits per heavy atom. The van der Waals surface area contributed by atoms with Gasteiger partial charge in [-0.25, -0.2) is 0 Å². The Balaban J connectivity index is 1.70. The molecule has 6 heteroatoms. The second-order valence-electron chi connectivity index (χ2n) is 7.11. The number of aryl methyl sites for hydroxylation is 1. The molecule has 6 nitrogen and oxygen atoms in total. The zero-order valence-electron chi connectivity index (χ0n) is 16.6. The topological polar surface area (TPSA) is 61.5 Å². The number of methoxy groups -OCH3 is 1. The molecule has 1 aliphatic heterocycles. The van der Waals surface area contributed by atoms with E-state index in [2.05, 4.69) is 15.1 Å². The van der Waals surface area contributed by atoms with E-state index in [-0.39, 0.29) is 5.91 Å². The molecule has 3 rings (SSSR count). The van der Waals surface area contributed by atoms with Crippen LogP contribution >= 0.6 is 0 Å². The second-order valence-corrected chi connectivity index (χ2v) is 7.11. The molecule has 2 aromatic rings. The Morgan fingerprint density at radius 2 is 1.96 bits per heavy atom. The van der Waals surface area contributed by atoms with E-state index in [1.165, 1.54) is 12.8 Å². The summed E-state index contributed by atoms with van der Waals surface area (Å²) in [5.74, 6) is 0.101. The van der Waals surface area contributed by atoms with Crippen molar-refractivity contribution in [2.24, 2.45) is 0 Å². The molecule has 0 atom stereocenters. The smallest absolute Gasteiger partial charge is 0.253 e. The van der Waals surface area contributed by atoms with Gasteiger partial charge in [0.05, 0.1) is 12.3 Å². The van der Waals surface area contributed by atoms with Crippen LogP contribution in [0.25, 0.3) is 11.1 Å². The number of amides is 1. The number of carbonyl (C=O) groups excluding carboxylic acids is 1. The molecule has 0 saturated carbocycles. The molecule has 1 amide bonds. The molecule has 2 heterocycles. The first-order valence-electron chi connectivity index (χ1n) is 9.79. The molecule has 1 fully saturated rings. The molecule has 1 aromatic heterocycles. The van der Waals surface area contributed by atoms with Gasteiger partial charge >= 0.3 is 0 Å². The van der Waals surface area contributed by atoms with Crippen LogP contribution in [0.4, 0.5) is 0 Å². The fourth-order valence-electron chi connectivity index (χ4n) is 3.74. The highest BCUT2D eigenvalue weighted by molar-refractivity contribution is 5.94. The van der Waals surface area contributed by atoms with E-state index < -0.39 is 0 Å². The normalized spacial score (nSPS) is 14.6. The lowest BCUT2D eigenvalue weighted by Crippen LogP contribution is -2.37. The number of nitrogens with zero attached hydrogens (tertiary/aromatic N) is 3. The number of carbonyl (C=O) groups is 1. The second kappa shape index (κ2) is 9.15. The van der Waals surface area contributed by atoms with Crippen molar-refractivity contribution in [1.29, 1.82) is 0 Å². The number of hydrogen-bond acceptors (Lipinski definition) is 4. The Labute approximate surface area is 161 Å². The number of hydrogen-bond donors (Lipinski definition) is 1. The number of ether oxygens (including phenoxy) is 1. The van der Waals surface area contributed by atoms with Gasteiger partial charge in [-0.1, -0.05) is 12.1 Å². The molecule has 1 N–H and O–H groups in total. The lowest BCUT2D eigenvalue weighted by Gasteiger charge is -2.24. The van der Waals surface area contributed by atoms with Gasteiger partial charge in [-0.2, -0.15) is 5.10 Å². The van der Waals surface area contributed by atoms with E-state index in [9.17, 15) is 4.79 Å². The van der Waals surface area contributed by atoms with E-state index >= 15 is 0 Å². The first-order chi connectivity index (χ1) is 13.1. The summed E-state index contributed by atoms with van der Waals surface area (Å²) in [5.41, 5.74) is 4.72. The van der Waals surface area contributed by atoms with Crippen LogP contribution in [0, 0.1) is 6.92 Å². The van der Waals surface area contributed by atoms with Crippen molar-refractivity contribution in [3.8, 4) is 11.1 Å². The monoisotopic (exact) mass is 370 g/mol.